The Morgan fingerprint density at radius 2 is 1.59 bits per heavy atom. The molecule has 0 saturated carbocycles. The van der Waals surface area contributed by atoms with Gasteiger partial charge >= 0.3 is 6.03 Å². The van der Waals surface area contributed by atoms with Crippen molar-refractivity contribution in [2.24, 2.45) is 0 Å². The fraction of sp³-hybridized carbons (Fsp3) is 0.214. The number of fused-ring (bicyclic) bond motifs is 1. The van der Waals surface area contributed by atoms with E-state index in [0.717, 1.165) is 9.80 Å². The molecule has 114 valence electrons. The van der Waals surface area contributed by atoms with E-state index >= 15 is 0 Å². The Balaban J connectivity index is 2.06. The monoisotopic (exact) mass is 366 g/mol. The Morgan fingerprint density at radius 3 is 2.18 bits per heavy atom. The summed E-state index contributed by atoms with van der Waals surface area (Å²) in [6, 6.07) is 2.71. The third-order valence-corrected chi connectivity index (χ3v) is 4.12. The van der Waals surface area contributed by atoms with Gasteiger partial charge in [-0.15, -0.1) is 0 Å². The summed E-state index contributed by atoms with van der Waals surface area (Å²) in [5.74, 6) is -0.168. The molecule has 0 aliphatic carbocycles. The summed E-state index contributed by atoms with van der Waals surface area (Å²) in [5, 5.41) is 0. The lowest BCUT2D eigenvalue weighted by atomic mass is 10.1. The van der Waals surface area contributed by atoms with E-state index in [9.17, 15) is 14.4 Å². The summed E-state index contributed by atoms with van der Waals surface area (Å²) in [4.78, 5) is 37.8. The van der Waals surface area contributed by atoms with Crippen LogP contribution in [0.3, 0.4) is 0 Å². The summed E-state index contributed by atoms with van der Waals surface area (Å²) >= 11 is 3.36. The largest absolute Gasteiger partial charge is 0.454 e. The number of carbonyl (C=O) groups is 3. The first-order valence-electron chi connectivity index (χ1n) is 6.31. The van der Waals surface area contributed by atoms with Gasteiger partial charge in [-0.05, 0) is 23.8 Å². The zero-order chi connectivity index (χ0) is 16.0. The number of halogens is 1. The van der Waals surface area contributed by atoms with E-state index in [4.69, 9.17) is 9.47 Å². The van der Waals surface area contributed by atoms with Crippen molar-refractivity contribution >= 4 is 39.9 Å². The minimum absolute atomic E-state index is 0.0934. The topological polar surface area (TPSA) is 76.2 Å². The molecule has 1 aromatic carbocycles. The number of urea groups is 1. The van der Waals surface area contributed by atoms with Gasteiger partial charge in [0.2, 0.25) is 6.79 Å². The van der Waals surface area contributed by atoms with E-state index in [1.807, 2.05) is 0 Å². The number of hydrogen-bond donors (Lipinski definition) is 0. The minimum atomic E-state index is -0.656. The molecule has 0 aromatic heterocycles. The summed E-state index contributed by atoms with van der Waals surface area (Å²) < 4.78 is 11.2. The summed E-state index contributed by atoms with van der Waals surface area (Å²) in [5.41, 5.74) is 0.487. The molecule has 0 N–H and O–H groups in total. The average molecular weight is 367 g/mol. The molecule has 2 aliphatic rings. The van der Waals surface area contributed by atoms with Crippen LogP contribution in [-0.2, 0) is 9.59 Å². The zero-order valence-corrected chi connectivity index (χ0v) is 13.3. The van der Waals surface area contributed by atoms with E-state index in [1.54, 1.807) is 12.1 Å². The van der Waals surface area contributed by atoms with Crippen LogP contribution in [0.25, 0.3) is 6.08 Å². The predicted molar refractivity (Wildman–Crippen MR) is 79.2 cm³/mol. The lowest BCUT2D eigenvalue weighted by molar-refractivity contribution is -0.134. The van der Waals surface area contributed by atoms with Gasteiger partial charge in [0.05, 0.1) is 0 Å². The van der Waals surface area contributed by atoms with Crippen LogP contribution in [0.1, 0.15) is 5.56 Å². The Kier molecular flexibility index (Phi) is 3.40. The fourth-order valence-electron chi connectivity index (χ4n) is 2.17. The first-order chi connectivity index (χ1) is 10.4. The minimum Gasteiger partial charge on any atom is -0.454 e. The second-order valence-corrected chi connectivity index (χ2v) is 5.65. The van der Waals surface area contributed by atoms with Crippen LogP contribution in [0.15, 0.2) is 22.2 Å². The average Bonchev–Trinajstić information content (AvgIpc) is 2.94. The third kappa shape index (κ3) is 2.16. The van der Waals surface area contributed by atoms with Crippen LogP contribution in [0.4, 0.5) is 4.79 Å². The molecule has 0 spiro atoms. The van der Waals surface area contributed by atoms with E-state index in [-0.39, 0.29) is 12.4 Å². The summed E-state index contributed by atoms with van der Waals surface area (Å²) in [7, 11) is 2.66. The Morgan fingerprint density at radius 1 is 1.05 bits per heavy atom. The van der Waals surface area contributed by atoms with Crippen molar-refractivity contribution in [3.8, 4) is 11.5 Å². The normalized spacial score (nSPS) is 17.4. The molecule has 0 bridgehead atoms. The molecule has 2 heterocycles. The molecule has 7 nitrogen and oxygen atoms in total. The number of hydrogen-bond acceptors (Lipinski definition) is 5. The molecule has 22 heavy (non-hydrogen) atoms. The highest BCUT2D eigenvalue weighted by Gasteiger charge is 2.38. The molecule has 8 heteroatoms. The number of amides is 4. The predicted octanol–water partition coefficient (Wildman–Crippen LogP) is 1.61. The van der Waals surface area contributed by atoms with E-state index < -0.39 is 17.8 Å². The van der Waals surface area contributed by atoms with Crippen LogP contribution in [0, 0.1) is 0 Å². The molecular weight excluding hydrogens is 356 g/mol. The van der Waals surface area contributed by atoms with E-state index in [0.29, 0.717) is 21.5 Å². The molecule has 3 rings (SSSR count). The highest BCUT2D eigenvalue weighted by Crippen LogP contribution is 2.38. The standard InChI is InChI=1S/C14H11BrN2O5/c1-16-12(18)8(13(19)17(2)14(16)20)3-7-4-10-11(5-9(7)15)22-6-21-10/h3-5H,6H2,1-2H3. The maximum Gasteiger partial charge on any atom is 0.333 e. The molecule has 2 aliphatic heterocycles. The van der Waals surface area contributed by atoms with Crippen LogP contribution in [0.5, 0.6) is 11.5 Å². The SMILES string of the molecule is CN1C(=O)C(=Cc2cc3c(cc2Br)OCO3)C(=O)N(C)C1=O. The Hall–Kier alpha value is -2.35. The van der Waals surface area contributed by atoms with Gasteiger partial charge in [0.1, 0.15) is 5.57 Å². The number of ether oxygens (including phenoxy) is 2. The molecule has 1 aromatic rings. The van der Waals surface area contributed by atoms with Crippen molar-refractivity contribution in [1.29, 1.82) is 0 Å². The Bertz CT molecular complexity index is 717. The first-order valence-corrected chi connectivity index (χ1v) is 7.10. The lowest BCUT2D eigenvalue weighted by Gasteiger charge is -2.28. The van der Waals surface area contributed by atoms with Gasteiger partial charge in [-0.25, -0.2) is 4.79 Å². The number of carbonyl (C=O) groups excluding carboxylic acids is 3. The highest BCUT2D eigenvalue weighted by atomic mass is 79.9. The number of benzene rings is 1. The van der Waals surface area contributed by atoms with Gasteiger partial charge < -0.3 is 9.47 Å². The third-order valence-electron chi connectivity index (χ3n) is 3.44. The van der Waals surface area contributed by atoms with Gasteiger partial charge in [-0.1, -0.05) is 15.9 Å². The maximum atomic E-state index is 12.2. The summed E-state index contributed by atoms with van der Waals surface area (Å²) in [6.45, 7) is 0.125. The first kappa shape index (κ1) is 14.6. The van der Waals surface area contributed by atoms with Gasteiger partial charge in [0.15, 0.2) is 11.5 Å². The molecule has 0 radical (unpaired) electrons. The van der Waals surface area contributed by atoms with Gasteiger partial charge in [0, 0.05) is 18.6 Å². The highest BCUT2D eigenvalue weighted by molar-refractivity contribution is 9.10. The van der Waals surface area contributed by atoms with Crippen LogP contribution in [-0.4, -0.2) is 48.5 Å². The summed E-state index contributed by atoms with van der Waals surface area (Å²) in [6.07, 6.45) is 1.43. The van der Waals surface area contributed by atoms with Crippen molar-refractivity contribution in [3.63, 3.8) is 0 Å². The fourth-order valence-corrected chi connectivity index (χ4v) is 2.61. The van der Waals surface area contributed by atoms with Gasteiger partial charge in [-0.3, -0.25) is 19.4 Å². The van der Waals surface area contributed by atoms with E-state index in [1.165, 1.54) is 20.2 Å². The Labute approximate surface area is 134 Å². The van der Waals surface area contributed by atoms with Crippen molar-refractivity contribution in [2.75, 3.05) is 20.9 Å². The van der Waals surface area contributed by atoms with Crippen molar-refractivity contribution < 1.29 is 23.9 Å². The molecule has 0 atom stereocenters. The lowest BCUT2D eigenvalue weighted by Crippen LogP contribution is -2.52. The zero-order valence-electron chi connectivity index (χ0n) is 11.8. The van der Waals surface area contributed by atoms with Crippen molar-refractivity contribution in [1.82, 2.24) is 9.80 Å². The van der Waals surface area contributed by atoms with Crippen LogP contribution in [0.2, 0.25) is 0 Å². The molecule has 4 amide bonds. The second-order valence-electron chi connectivity index (χ2n) is 4.80. The number of nitrogens with zero attached hydrogens (tertiary/aromatic N) is 2. The quantitative estimate of drug-likeness (QED) is 0.557. The van der Waals surface area contributed by atoms with E-state index in [2.05, 4.69) is 15.9 Å². The molecular formula is C14H11BrN2O5. The number of imide groups is 2. The second kappa shape index (κ2) is 5.13. The van der Waals surface area contributed by atoms with Crippen LogP contribution >= 0.6 is 15.9 Å². The maximum absolute atomic E-state index is 12.2. The number of rotatable bonds is 1. The number of barbiturate groups is 1. The van der Waals surface area contributed by atoms with Crippen molar-refractivity contribution in [2.45, 2.75) is 0 Å². The van der Waals surface area contributed by atoms with Crippen molar-refractivity contribution in [3.05, 3.63) is 27.7 Å². The molecule has 1 fully saturated rings. The smallest absolute Gasteiger partial charge is 0.333 e. The van der Waals surface area contributed by atoms with Gasteiger partial charge in [0.25, 0.3) is 11.8 Å². The molecule has 0 unspecified atom stereocenters. The molecule has 1 saturated heterocycles. The van der Waals surface area contributed by atoms with Gasteiger partial charge in [-0.2, -0.15) is 0 Å². The van der Waals surface area contributed by atoms with Crippen LogP contribution < -0.4 is 9.47 Å². The number of likely N-dealkylation sites (N-methyl/N-ethyl adjacent to an activating group) is 2.